The number of nitriles is 1. The second-order valence-electron chi connectivity index (χ2n) is 3.74. The molecule has 0 spiro atoms. The van der Waals surface area contributed by atoms with E-state index in [2.05, 4.69) is 0 Å². The van der Waals surface area contributed by atoms with Crippen LogP contribution in [0, 0.1) is 17.2 Å². The summed E-state index contributed by atoms with van der Waals surface area (Å²) in [5.74, 6) is -0.594. The van der Waals surface area contributed by atoms with Crippen molar-refractivity contribution in [1.29, 1.82) is 5.26 Å². The van der Waals surface area contributed by atoms with Crippen LogP contribution in [-0.4, -0.2) is 5.97 Å². The maximum Gasteiger partial charge on any atom is 0.313 e. The van der Waals surface area contributed by atoms with Crippen molar-refractivity contribution < 1.29 is 9.53 Å². The van der Waals surface area contributed by atoms with E-state index >= 15 is 0 Å². The smallest absolute Gasteiger partial charge is 0.313 e. The number of carbonyl (C=O) groups excluding carboxylic acids is 1. The molecule has 0 unspecified atom stereocenters. The van der Waals surface area contributed by atoms with Crippen LogP contribution in [0.15, 0.2) is 30.5 Å². The Morgan fingerprint density at radius 3 is 2.47 bits per heavy atom. The molecule has 1 rings (SSSR count). The molecule has 0 saturated heterocycles. The highest BCUT2D eigenvalue weighted by Crippen LogP contribution is 2.17. The van der Waals surface area contributed by atoms with Crippen molar-refractivity contribution >= 4 is 23.1 Å². The van der Waals surface area contributed by atoms with Crippen LogP contribution in [0.4, 0.5) is 0 Å². The molecular weight excluding hydrogens is 238 g/mol. The van der Waals surface area contributed by atoms with Crippen LogP contribution >= 0.6 is 11.6 Å². The summed E-state index contributed by atoms with van der Waals surface area (Å²) in [5.41, 5.74) is 0.948. The topological polar surface area (TPSA) is 50.1 Å². The molecule has 0 bridgehead atoms. The summed E-state index contributed by atoms with van der Waals surface area (Å²) >= 11 is 5.74. The van der Waals surface area contributed by atoms with Crippen LogP contribution in [0.25, 0.3) is 5.57 Å². The van der Waals surface area contributed by atoms with Gasteiger partial charge < -0.3 is 4.74 Å². The lowest BCUT2D eigenvalue weighted by Crippen LogP contribution is -2.08. The highest BCUT2D eigenvalue weighted by atomic mass is 35.5. The van der Waals surface area contributed by atoms with Gasteiger partial charge in [-0.15, -0.1) is 0 Å². The van der Waals surface area contributed by atoms with E-state index in [9.17, 15) is 4.79 Å². The van der Waals surface area contributed by atoms with Crippen molar-refractivity contribution in [3.8, 4) is 6.07 Å². The molecule has 88 valence electrons. The van der Waals surface area contributed by atoms with Gasteiger partial charge in [0.1, 0.15) is 12.3 Å². The molecule has 0 aliphatic rings. The van der Waals surface area contributed by atoms with Gasteiger partial charge in [0.2, 0.25) is 0 Å². The zero-order chi connectivity index (χ0) is 12.8. The zero-order valence-corrected chi connectivity index (χ0v) is 10.4. The van der Waals surface area contributed by atoms with Gasteiger partial charge in [0.05, 0.1) is 11.5 Å². The Labute approximate surface area is 105 Å². The lowest BCUT2D eigenvalue weighted by Gasteiger charge is -2.03. The van der Waals surface area contributed by atoms with Gasteiger partial charge in [0, 0.05) is 5.02 Å². The van der Waals surface area contributed by atoms with Gasteiger partial charge in [-0.25, -0.2) is 0 Å². The molecule has 0 heterocycles. The molecule has 17 heavy (non-hydrogen) atoms. The maximum absolute atomic E-state index is 11.3. The number of nitrogens with zero attached hydrogens (tertiary/aromatic N) is 1. The average molecular weight is 250 g/mol. The number of allylic oxidation sites excluding steroid dienone is 1. The minimum absolute atomic E-state index is 0.226. The lowest BCUT2D eigenvalue weighted by atomic mass is 10.1. The summed E-state index contributed by atoms with van der Waals surface area (Å²) in [6, 6.07) is 8.71. The molecule has 0 saturated carbocycles. The van der Waals surface area contributed by atoms with Gasteiger partial charge in [0.15, 0.2) is 0 Å². The van der Waals surface area contributed by atoms with Crippen LogP contribution in [0.1, 0.15) is 19.4 Å². The lowest BCUT2D eigenvalue weighted by molar-refractivity contribution is -0.141. The number of ether oxygens (including phenoxy) is 1. The molecule has 0 radical (unpaired) electrons. The highest BCUT2D eigenvalue weighted by Gasteiger charge is 2.08. The molecule has 0 aliphatic heterocycles. The third-order valence-corrected chi connectivity index (χ3v) is 2.29. The number of hydrogen-bond acceptors (Lipinski definition) is 3. The quantitative estimate of drug-likeness (QED) is 0.469. The minimum atomic E-state index is -0.369. The fourth-order valence-corrected chi connectivity index (χ4v) is 1.17. The molecular formula is C13H12ClNO2. The van der Waals surface area contributed by atoms with Gasteiger partial charge in [-0.2, -0.15) is 5.26 Å². The largest absolute Gasteiger partial charge is 0.433 e. The van der Waals surface area contributed by atoms with Gasteiger partial charge in [-0.05, 0) is 17.7 Å². The average Bonchev–Trinajstić information content (AvgIpc) is 2.31. The molecule has 0 atom stereocenters. The molecule has 4 heteroatoms. The molecule has 3 nitrogen and oxygen atoms in total. The van der Waals surface area contributed by atoms with Crippen molar-refractivity contribution in [2.75, 3.05) is 0 Å². The third-order valence-electron chi connectivity index (χ3n) is 2.04. The summed E-state index contributed by atoms with van der Waals surface area (Å²) in [6.45, 7) is 3.45. The van der Waals surface area contributed by atoms with Crippen LogP contribution in [-0.2, 0) is 9.53 Å². The minimum Gasteiger partial charge on any atom is -0.433 e. The van der Waals surface area contributed by atoms with Crippen molar-refractivity contribution in [3.05, 3.63) is 41.1 Å². The number of carbonyl (C=O) groups is 1. The summed E-state index contributed by atoms with van der Waals surface area (Å²) in [4.78, 5) is 11.3. The van der Waals surface area contributed by atoms with E-state index in [4.69, 9.17) is 21.6 Å². The fraction of sp³-hybridized carbons (Fsp3) is 0.231. The molecule has 0 fully saturated rings. The maximum atomic E-state index is 11.3. The summed E-state index contributed by atoms with van der Waals surface area (Å²) < 4.78 is 4.88. The van der Waals surface area contributed by atoms with Gasteiger partial charge >= 0.3 is 5.97 Å². The monoisotopic (exact) mass is 249 g/mol. The van der Waals surface area contributed by atoms with Crippen LogP contribution in [0.2, 0.25) is 5.02 Å². The number of benzene rings is 1. The Morgan fingerprint density at radius 2 is 2.00 bits per heavy atom. The van der Waals surface area contributed by atoms with Crippen LogP contribution < -0.4 is 0 Å². The second kappa shape index (κ2) is 6.07. The van der Waals surface area contributed by atoms with E-state index in [0.717, 1.165) is 0 Å². The number of rotatable bonds is 3. The Bertz CT molecular complexity index is 469. The first kappa shape index (κ1) is 13.3. The standard InChI is InChI=1S/C13H12ClNO2/c1-9(2)13(16)17-8-11(7-15)10-3-5-12(14)6-4-10/h3-6,8-9H,1-2H3/b11-8+. The number of hydrogen-bond donors (Lipinski definition) is 0. The van der Waals surface area contributed by atoms with Gasteiger partial charge in [-0.3, -0.25) is 4.79 Å². The first-order chi connectivity index (χ1) is 8.04. The predicted octanol–water partition coefficient (Wildman–Crippen LogP) is 3.40. The highest BCUT2D eigenvalue weighted by molar-refractivity contribution is 6.30. The van der Waals surface area contributed by atoms with Gasteiger partial charge in [0.25, 0.3) is 0 Å². The van der Waals surface area contributed by atoms with Crippen LogP contribution in [0.3, 0.4) is 0 Å². The predicted molar refractivity (Wildman–Crippen MR) is 66.0 cm³/mol. The normalized spacial score (nSPS) is 11.1. The fourth-order valence-electron chi connectivity index (χ4n) is 1.04. The Balaban J connectivity index is 2.86. The SMILES string of the molecule is CC(C)C(=O)O/C=C(\C#N)c1ccc(Cl)cc1. The molecule has 0 aliphatic carbocycles. The molecule has 0 N–H and O–H groups in total. The van der Waals surface area contributed by atoms with E-state index < -0.39 is 0 Å². The van der Waals surface area contributed by atoms with E-state index in [0.29, 0.717) is 10.6 Å². The second-order valence-corrected chi connectivity index (χ2v) is 4.18. The molecule has 1 aromatic carbocycles. The van der Waals surface area contributed by atoms with E-state index in [1.54, 1.807) is 38.1 Å². The van der Waals surface area contributed by atoms with Crippen molar-refractivity contribution in [1.82, 2.24) is 0 Å². The Morgan fingerprint density at radius 1 is 1.41 bits per heavy atom. The summed E-state index contributed by atoms with van der Waals surface area (Å²) in [7, 11) is 0. The van der Waals surface area contributed by atoms with Crippen molar-refractivity contribution in [2.24, 2.45) is 5.92 Å². The molecule has 1 aromatic rings. The Hall–Kier alpha value is -1.79. The van der Waals surface area contributed by atoms with E-state index in [1.807, 2.05) is 6.07 Å². The molecule has 0 aromatic heterocycles. The van der Waals surface area contributed by atoms with Crippen molar-refractivity contribution in [2.45, 2.75) is 13.8 Å². The number of esters is 1. The van der Waals surface area contributed by atoms with Crippen LogP contribution in [0.5, 0.6) is 0 Å². The van der Waals surface area contributed by atoms with Gasteiger partial charge in [-0.1, -0.05) is 37.6 Å². The first-order valence-corrected chi connectivity index (χ1v) is 5.49. The third kappa shape index (κ3) is 3.93. The Kier molecular flexibility index (Phi) is 4.74. The zero-order valence-electron chi connectivity index (χ0n) is 9.61. The van der Waals surface area contributed by atoms with E-state index in [-0.39, 0.29) is 17.5 Å². The summed E-state index contributed by atoms with van der Waals surface area (Å²) in [5, 5.41) is 9.55. The number of halogens is 1. The first-order valence-electron chi connectivity index (χ1n) is 5.11. The van der Waals surface area contributed by atoms with Crippen molar-refractivity contribution in [3.63, 3.8) is 0 Å². The van der Waals surface area contributed by atoms with E-state index in [1.165, 1.54) is 6.26 Å². The summed E-state index contributed by atoms with van der Waals surface area (Å²) in [6.07, 6.45) is 1.17. The molecule has 0 amide bonds.